The largest absolute Gasteiger partial charge is 0.466 e. The Morgan fingerprint density at radius 1 is 0.956 bits per heavy atom. The topological polar surface area (TPSA) is 162 Å². The summed E-state index contributed by atoms with van der Waals surface area (Å²) in [5, 5.41) is 8.84. The molecule has 2 amide bonds. The quantitative estimate of drug-likeness (QED) is 0.123. The summed E-state index contributed by atoms with van der Waals surface area (Å²) >= 11 is 0. The van der Waals surface area contributed by atoms with Gasteiger partial charge in [0.15, 0.2) is 12.3 Å². The third-order valence-corrected chi connectivity index (χ3v) is 7.06. The number of hydrogen-bond acceptors (Lipinski definition) is 9. The zero-order chi connectivity index (χ0) is 33.2. The standard InChI is InChI=1S/C30H36N6O5.2C2H6/c1-40-27(37)19-41-26-14-13-25(28(35-26)30(39)33-17-20-7-3-2-4-8-20)34-29(38)24-12-11-21(18-36(32)16-15-31)22-9-5-6-10-23(22)24;2*1-2/h5-6,9-16,20H,2-4,7-8,17-19,31-32H2,1H3,(H,33,39)(H,34,38);2*1-2H3/b16-15-;;. The number of pyridine rings is 1. The van der Waals surface area contributed by atoms with Gasteiger partial charge in [-0.1, -0.05) is 77.3 Å². The van der Waals surface area contributed by atoms with Gasteiger partial charge in [-0.3, -0.25) is 9.59 Å². The van der Waals surface area contributed by atoms with Crippen LogP contribution in [0.25, 0.3) is 10.8 Å². The van der Waals surface area contributed by atoms with E-state index in [-0.39, 0.29) is 23.9 Å². The first-order valence-corrected chi connectivity index (χ1v) is 15.6. The number of carbonyl (C=O) groups excluding carboxylic acids is 3. The van der Waals surface area contributed by atoms with Gasteiger partial charge in [-0.15, -0.1) is 0 Å². The van der Waals surface area contributed by atoms with Gasteiger partial charge in [0, 0.05) is 30.6 Å². The van der Waals surface area contributed by atoms with Crippen LogP contribution in [-0.4, -0.2) is 48.0 Å². The molecule has 0 saturated heterocycles. The molecule has 45 heavy (non-hydrogen) atoms. The second-order valence-electron chi connectivity index (χ2n) is 9.91. The van der Waals surface area contributed by atoms with Crippen molar-refractivity contribution >= 4 is 34.2 Å². The van der Waals surface area contributed by atoms with Crippen LogP contribution in [-0.2, 0) is 16.1 Å². The lowest BCUT2D eigenvalue weighted by atomic mass is 9.89. The van der Waals surface area contributed by atoms with Crippen molar-refractivity contribution in [2.24, 2.45) is 17.5 Å². The maximum Gasteiger partial charge on any atom is 0.343 e. The number of methoxy groups -OCH3 is 1. The van der Waals surface area contributed by atoms with Crippen molar-refractivity contribution < 1.29 is 23.9 Å². The van der Waals surface area contributed by atoms with E-state index in [1.807, 2.05) is 58.0 Å². The van der Waals surface area contributed by atoms with Crippen LogP contribution in [0.1, 0.15) is 86.2 Å². The summed E-state index contributed by atoms with van der Waals surface area (Å²) in [5.74, 6) is 5.02. The molecule has 3 aromatic rings. The molecule has 1 aliphatic carbocycles. The summed E-state index contributed by atoms with van der Waals surface area (Å²) in [6.45, 7) is 8.54. The number of nitrogens with zero attached hydrogens (tertiary/aromatic N) is 2. The number of rotatable bonds is 11. The molecule has 1 heterocycles. The summed E-state index contributed by atoms with van der Waals surface area (Å²) in [4.78, 5) is 42.7. The van der Waals surface area contributed by atoms with Crippen molar-refractivity contribution in [2.45, 2.75) is 66.3 Å². The first-order valence-electron chi connectivity index (χ1n) is 15.6. The number of esters is 1. The zero-order valence-electron chi connectivity index (χ0n) is 27.1. The van der Waals surface area contributed by atoms with Gasteiger partial charge in [-0.2, -0.15) is 0 Å². The Bertz CT molecular complexity index is 1420. The average molecular weight is 621 g/mol. The highest BCUT2D eigenvalue weighted by Crippen LogP contribution is 2.27. The summed E-state index contributed by atoms with van der Waals surface area (Å²) in [6, 6.07) is 14.1. The van der Waals surface area contributed by atoms with E-state index in [2.05, 4.69) is 20.4 Å². The van der Waals surface area contributed by atoms with Crippen LogP contribution in [0.15, 0.2) is 60.9 Å². The number of nitrogens with one attached hydrogen (secondary N) is 2. The highest BCUT2D eigenvalue weighted by atomic mass is 16.6. The molecule has 244 valence electrons. The molecule has 1 aliphatic rings. The minimum Gasteiger partial charge on any atom is -0.466 e. The molecule has 0 unspecified atom stereocenters. The van der Waals surface area contributed by atoms with Crippen LogP contribution in [0.3, 0.4) is 0 Å². The Morgan fingerprint density at radius 3 is 2.31 bits per heavy atom. The number of nitrogens with two attached hydrogens (primary N) is 2. The van der Waals surface area contributed by atoms with E-state index < -0.39 is 17.8 Å². The van der Waals surface area contributed by atoms with Gasteiger partial charge in [0.2, 0.25) is 5.88 Å². The number of carbonyl (C=O) groups is 3. The monoisotopic (exact) mass is 620 g/mol. The SMILES string of the molecule is CC.CC.COC(=O)COc1ccc(NC(=O)c2ccc(CN(N)/C=C\N)c3ccccc23)c(C(=O)NCC2CCCCC2)n1. The van der Waals surface area contributed by atoms with Crippen molar-refractivity contribution in [3.8, 4) is 5.88 Å². The number of ether oxygens (including phenoxy) is 2. The van der Waals surface area contributed by atoms with Gasteiger partial charge in [0.25, 0.3) is 11.8 Å². The van der Waals surface area contributed by atoms with Crippen molar-refractivity contribution in [2.75, 3.05) is 25.6 Å². The molecule has 0 atom stereocenters. The maximum atomic E-state index is 13.6. The lowest BCUT2D eigenvalue weighted by Gasteiger charge is -2.22. The van der Waals surface area contributed by atoms with Crippen molar-refractivity contribution in [3.63, 3.8) is 0 Å². The summed E-state index contributed by atoms with van der Waals surface area (Å²) in [6.07, 6.45) is 8.55. The van der Waals surface area contributed by atoms with E-state index in [9.17, 15) is 14.4 Å². The van der Waals surface area contributed by atoms with Crippen LogP contribution < -0.4 is 26.9 Å². The molecule has 1 aromatic heterocycles. The van der Waals surface area contributed by atoms with E-state index in [1.54, 1.807) is 12.3 Å². The van der Waals surface area contributed by atoms with Crippen LogP contribution >= 0.6 is 0 Å². The number of aromatic nitrogens is 1. The fourth-order valence-corrected chi connectivity index (χ4v) is 4.95. The molecule has 6 N–H and O–H groups in total. The molecule has 0 radical (unpaired) electrons. The van der Waals surface area contributed by atoms with Gasteiger partial charge in [-0.25, -0.2) is 15.6 Å². The number of hydrazine groups is 1. The first-order chi connectivity index (χ1) is 21.9. The highest BCUT2D eigenvalue weighted by Gasteiger charge is 2.21. The molecule has 4 rings (SSSR count). The van der Waals surface area contributed by atoms with E-state index in [1.165, 1.54) is 36.9 Å². The summed E-state index contributed by atoms with van der Waals surface area (Å²) in [5.41, 5.74) is 6.99. The van der Waals surface area contributed by atoms with E-state index in [0.717, 1.165) is 42.0 Å². The van der Waals surface area contributed by atoms with E-state index in [0.29, 0.717) is 24.6 Å². The minimum absolute atomic E-state index is 0.00945. The van der Waals surface area contributed by atoms with E-state index in [4.69, 9.17) is 16.3 Å². The molecule has 11 heteroatoms. The number of fused-ring (bicyclic) bond motifs is 1. The van der Waals surface area contributed by atoms with Crippen molar-refractivity contribution in [3.05, 3.63) is 77.8 Å². The molecular weight excluding hydrogens is 572 g/mol. The molecule has 0 bridgehead atoms. The van der Waals surface area contributed by atoms with Crippen LogP contribution in [0.4, 0.5) is 5.69 Å². The second kappa shape index (κ2) is 19.6. The van der Waals surface area contributed by atoms with Crippen molar-refractivity contribution in [1.82, 2.24) is 15.3 Å². The number of benzene rings is 2. The summed E-state index contributed by atoms with van der Waals surface area (Å²) < 4.78 is 10.0. The Hall–Kier alpha value is -4.64. The van der Waals surface area contributed by atoms with Gasteiger partial charge >= 0.3 is 5.97 Å². The Kier molecular flexibility index (Phi) is 15.9. The number of anilines is 1. The van der Waals surface area contributed by atoms with Gasteiger partial charge in [-0.05, 0) is 47.2 Å². The maximum absolute atomic E-state index is 13.6. The number of amides is 2. The highest BCUT2D eigenvalue weighted by molar-refractivity contribution is 6.15. The Morgan fingerprint density at radius 2 is 1.64 bits per heavy atom. The summed E-state index contributed by atoms with van der Waals surface area (Å²) in [7, 11) is 1.25. The molecular formula is C34H48N6O5. The fraction of sp³-hybridized carbons (Fsp3) is 0.412. The third kappa shape index (κ3) is 10.8. The normalized spacial score (nSPS) is 12.7. The van der Waals surface area contributed by atoms with Gasteiger partial charge in [0.05, 0.1) is 19.3 Å². The van der Waals surface area contributed by atoms with Gasteiger partial charge in [0.1, 0.15) is 0 Å². The van der Waals surface area contributed by atoms with Crippen molar-refractivity contribution in [1.29, 1.82) is 0 Å². The molecule has 1 fully saturated rings. The average Bonchev–Trinajstić information content (AvgIpc) is 3.09. The molecule has 0 aliphatic heterocycles. The molecule has 0 spiro atoms. The predicted molar refractivity (Wildman–Crippen MR) is 178 cm³/mol. The second-order valence-corrected chi connectivity index (χ2v) is 9.91. The Balaban J connectivity index is 0.00000169. The predicted octanol–water partition coefficient (Wildman–Crippen LogP) is 5.51. The van der Waals surface area contributed by atoms with E-state index >= 15 is 0 Å². The lowest BCUT2D eigenvalue weighted by molar-refractivity contribution is -0.143. The minimum atomic E-state index is -0.584. The number of hydrogen-bond donors (Lipinski definition) is 4. The first kappa shape index (κ1) is 36.6. The van der Waals surface area contributed by atoms with Crippen LogP contribution in [0.2, 0.25) is 0 Å². The fourth-order valence-electron chi connectivity index (χ4n) is 4.95. The van der Waals surface area contributed by atoms with Gasteiger partial charge < -0.3 is 30.8 Å². The van der Waals surface area contributed by atoms with Crippen LogP contribution in [0, 0.1) is 5.92 Å². The van der Waals surface area contributed by atoms with Crippen LogP contribution in [0.5, 0.6) is 5.88 Å². The zero-order valence-corrected chi connectivity index (χ0v) is 27.1. The molecule has 1 saturated carbocycles. The Labute approximate surface area is 266 Å². The lowest BCUT2D eigenvalue weighted by Crippen LogP contribution is -2.32. The molecule has 2 aromatic carbocycles. The third-order valence-electron chi connectivity index (χ3n) is 7.06. The smallest absolute Gasteiger partial charge is 0.343 e. The molecule has 11 nitrogen and oxygen atoms in total.